The van der Waals surface area contributed by atoms with Gasteiger partial charge in [0.2, 0.25) is 0 Å². The van der Waals surface area contributed by atoms with Crippen LogP contribution in [0.25, 0.3) is 0 Å². The first-order valence-electron chi connectivity index (χ1n) is 13.1. The number of likely N-dealkylation sites (N-methyl/N-ethyl adjacent to an activating group) is 1. The van der Waals surface area contributed by atoms with Crippen LogP contribution in [0.2, 0.25) is 0 Å². The monoisotopic (exact) mass is 520 g/mol. The lowest BCUT2D eigenvalue weighted by Gasteiger charge is -2.24. The van der Waals surface area contributed by atoms with E-state index >= 15 is 0 Å². The van der Waals surface area contributed by atoms with Crippen molar-refractivity contribution in [2.24, 2.45) is 0 Å². The molecule has 9 heteroatoms. The van der Waals surface area contributed by atoms with Crippen LogP contribution in [-0.4, -0.2) is 74.1 Å². The van der Waals surface area contributed by atoms with Crippen LogP contribution in [0.15, 0.2) is 24.3 Å². The maximum Gasteiger partial charge on any atom is 0.472 e. The van der Waals surface area contributed by atoms with Gasteiger partial charge in [-0.2, -0.15) is 0 Å². The number of allylic oxidation sites excluding steroid dienone is 4. The number of hydrogen-bond acceptors (Lipinski definition) is 6. The molecule has 0 aromatic carbocycles. The Kier molecular flexibility index (Phi) is 20.5. The van der Waals surface area contributed by atoms with Crippen LogP contribution >= 0.6 is 7.82 Å². The highest BCUT2D eigenvalue weighted by molar-refractivity contribution is 7.47. The van der Waals surface area contributed by atoms with E-state index in [0.717, 1.165) is 38.5 Å². The van der Waals surface area contributed by atoms with Crippen LogP contribution in [0.5, 0.6) is 0 Å². The summed E-state index contributed by atoms with van der Waals surface area (Å²) in [5, 5.41) is 9.38. The van der Waals surface area contributed by atoms with Gasteiger partial charge in [0, 0.05) is 6.42 Å². The van der Waals surface area contributed by atoms with E-state index in [1.165, 1.54) is 25.7 Å². The second-order valence-corrected chi connectivity index (χ2v) is 11.3. The molecule has 0 aliphatic carbocycles. The Hall–Kier alpha value is -1.02. The molecule has 0 bridgehead atoms. The van der Waals surface area contributed by atoms with E-state index < -0.39 is 33.1 Å². The molecule has 0 rings (SSSR count). The van der Waals surface area contributed by atoms with E-state index in [-0.39, 0.29) is 13.0 Å². The number of nitrogens with zero attached hydrogens (tertiary/aromatic N) is 1. The van der Waals surface area contributed by atoms with Crippen LogP contribution in [-0.2, 0) is 23.1 Å². The van der Waals surface area contributed by atoms with Gasteiger partial charge in [-0.25, -0.2) is 4.57 Å². The lowest BCUT2D eigenvalue weighted by Crippen LogP contribution is -2.37. The summed E-state index contributed by atoms with van der Waals surface area (Å²) >= 11 is 0. The number of aliphatic hydroxyl groups excluding tert-OH is 1. The number of esters is 1. The fourth-order valence-corrected chi connectivity index (χ4v) is 3.84. The third kappa shape index (κ3) is 24.5. The second kappa shape index (κ2) is 21.1. The molecular weight excluding hydrogens is 469 g/mol. The van der Waals surface area contributed by atoms with Crippen LogP contribution < -0.4 is 0 Å². The average Bonchev–Trinajstić information content (AvgIpc) is 2.78. The van der Waals surface area contributed by atoms with E-state index in [4.69, 9.17) is 13.8 Å². The third-order valence-electron chi connectivity index (χ3n) is 5.27. The molecule has 8 nitrogen and oxygen atoms in total. The van der Waals surface area contributed by atoms with Gasteiger partial charge < -0.3 is 19.2 Å². The van der Waals surface area contributed by atoms with Gasteiger partial charge in [-0.3, -0.25) is 13.8 Å². The maximum atomic E-state index is 12.0. The zero-order valence-corrected chi connectivity index (χ0v) is 23.4. The zero-order valence-electron chi connectivity index (χ0n) is 22.5. The minimum absolute atomic E-state index is 0.0493. The summed E-state index contributed by atoms with van der Waals surface area (Å²) < 4.78 is 27.4. The normalized spacial score (nSPS) is 15.0. The molecule has 206 valence electrons. The lowest BCUT2D eigenvalue weighted by molar-refractivity contribution is -0.870. The summed E-state index contributed by atoms with van der Waals surface area (Å²) in [6, 6.07) is 0. The van der Waals surface area contributed by atoms with E-state index in [9.17, 15) is 19.4 Å². The average molecular weight is 521 g/mol. The predicted octanol–water partition coefficient (Wildman–Crippen LogP) is 5.54. The minimum Gasteiger partial charge on any atom is -0.457 e. The van der Waals surface area contributed by atoms with Crippen molar-refractivity contribution >= 4 is 13.8 Å². The number of aliphatic hydroxyl groups is 1. The zero-order chi connectivity index (χ0) is 26.4. The van der Waals surface area contributed by atoms with Gasteiger partial charge >= 0.3 is 13.8 Å². The van der Waals surface area contributed by atoms with Gasteiger partial charge in [-0.05, 0) is 38.5 Å². The van der Waals surface area contributed by atoms with Gasteiger partial charge in [0.05, 0.1) is 34.4 Å². The number of hydrogen-bond donors (Lipinski definition) is 2. The number of ether oxygens (including phenoxy) is 1. The van der Waals surface area contributed by atoms with Crippen molar-refractivity contribution in [3.63, 3.8) is 0 Å². The molecule has 0 amide bonds. The Labute approximate surface area is 213 Å². The largest absolute Gasteiger partial charge is 0.472 e. The Morgan fingerprint density at radius 1 is 0.914 bits per heavy atom. The van der Waals surface area contributed by atoms with Gasteiger partial charge in [-0.1, -0.05) is 63.3 Å². The highest BCUT2D eigenvalue weighted by atomic mass is 31.2. The summed E-state index contributed by atoms with van der Waals surface area (Å²) in [6.45, 7) is 1.90. The maximum absolute atomic E-state index is 12.0. The molecule has 0 aliphatic rings. The van der Waals surface area contributed by atoms with E-state index in [2.05, 4.69) is 31.2 Å². The fraction of sp³-hybridized carbons (Fsp3) is 0.808. The minimum atomic E-state index is -4.26. The Morgan fingerprint density at radius 3 is 2.11 bits per heavy atom. The molecule has 0 spiro atoms. The first kappa shape index (κ1) is 34.0. The second-order valence-electron chi connectivity index (χ2n) is 9.89. The summed E-state index contributed by atoms with van der Waals surface area (Å²) in [6.07, 6.45) is 20.3. The number of carbonyl (C=O) groups is 1. The number of rotatable bonds is 23. The molecule has 0 aromatic heterocycles. The van der Waals surface area contributed by atoms with Crippen molar-refractivity contribution < 1.29 is 37.6 Å². The van der Waals surface area contributed by atoms with Crippen molar-refractivity contribution in [1.29, 1.82) is 0 Å². The highest BCUT2D eigenvalue weighted by Gasteiger charge is 2.25. The molecule has 2 atom stereocenters. The van der Waals surface area contributed by atoms with E-state index in [1.54, 1.807) is 0 Å². The van der Waals surface area contributed by atoms with Gasteiger partial charge in [-0.15, -0.1) is 0 Å². The van der Waals surface area contributed by atoms with Crippen molar-refractivity contribution in [2.45, 2.75) is 90.1 Å². The molecule has 0 fully saturated rings. The van der Waals surface area contributed by atoms with Crippen molar-refractivity contribution in [1.82, 2.24) is 0 Å². The number of phosphoric acid groups is 1. The van der Waals surface area contributed by atoms with Gasteiger partial charge in [0.1, 0.15) is 19.3 Å². The number of quaternary nitrogens is 1. The Bertz CT molecular complexity index is 632. The van der Waals surface area contributed by atoms with Crippen LogP contribution in [0.1, 0.15) is 84.0 Å². The molecule has 0 saturated carbocycles. The number of phosphoric ester groups is 1. The highest BCUT2D eigenvalue weighted by Crippen LogP contribution is 2.43. The molecule has 0 heterocycles. The van der Waals surface area contributed by atoms with Gasteiger partial charge in [0.25, 0.3) is 0 Å². The molecule has 2 unspecified atom stereocenters. The van der Waals surface area contributed by atoms with Crippen molar-refractivity contribution in [3.8, 4) is 0 Å². The van der Waals surface area contributed by atoms with Crippen molar-refractivity contribution in [2.75, 3.05) is 47.5 Å². The van der Waals surface area contributed by atoms with E-state index in [1.807, 2.05) is 21.1 Å². The molecule has 0 saturated heterocycles. The predicted molar refractivity (Wildman–Crippen MR) is 141 cm³/mol. The summed E-state index contributed by atoms with van der Waals surface area (Å²) in [7, 11) is 1.53. The summed E-state index contributed by atoms with van der Waals surface area (Å²) in [5.74, 6) is -0.447. The van der Waals surface area contributed by atoms with Gasteiger partial charge in [0.15, 0.2) is 0 Å². The van der Waals surface area contributed by atoms with Crippen LogP contribution in [0.4, 0.5) is 0 Å². The molecular formula is C26H51NO7P+. The molecule has 35 heavy (non-hydrogen) atoms. The Morgan fingerprint density at radius 2 is 1.51 bits per heavy atom. The first-order valence-corrected chi connectivity index (χ1v) is 14.6. The topological polar surface area (TPSA) is 102 Å². The molecule has 0 aliphatic heterocycles. The van der Waals surface area contributed by atoms with Crippen LogP contribution in [0.3, 0.4) is 0 Å². The standard InChI is InChI=1S/C26H50NO7P/c1-5-6-7-8-9-10-11-12-13-14-15-16-17-18-19-20-26(29)34-25(23-28)24-33-35(30,31)32-22-21-27(2,3)4/h9-10,12-13,25,28H,5-8,11,14-24H2,1-4H3/p+1. The summed E-state index contributed by atoms with van der Waals surface area (Å²) in [5.41, 5.74) is 0. The van der Waals surface area contributed by atoms with Crippen molar-refractivity contribution in [3.05, 3.63) is 24.3 Å². The number of carbonyl (C=O) groups excluding carboxylic acids is 1. The SMILES string of the molecule is CCCCCC=CCC=CCCCCCCCC(=O)OC(CO)COP(=O)(O)OCC[N+](C)(C)C. The number of unbranched alkanes of at least 4 members (excludes halogenated alkanes) is 8. The molecule has 2 N–H and O–H groups in total. The Balaban J connectivity index is 3.80. The molecule has 0 aromatic rings. The van der Waals surface area contributed by atoms with Crippen LogP contribution in [0, 0.1) is 0 Å². The smallest absolute Gasteiger partial charge is 0.457 e. The lowest BCUT2D eigenvalue weighted by atomic mass is 10.1. The first-order chi connectivity index (χ1) is 16.6. The quantitative estimate of drug-likeness (QED) is 0.0599. The fourth-order valence-electron chi connectivity index (χ4n) is 3.09. The summed E-state index contributed by atoms with van der Waals surface area (Å²) in [4.78, 5) is 21.7. The third-order valence-corrected chi connectivity index (χ3v) is 6.26. The van der Waals surface area contributed by atoms with E-state index in [0.29, 0.717) is 17.4 Å². The molecule has 0 radical (unpaired) electrons.